The summed E-state index contributed by atoms with van der Waals surface area (Å²) in [6.45, 7) is 2.28. The van der Waals surface area contributed by atoms with Gasteiger partial charge in [0.05, 0.1) is 0 Å². The average Bonchev–Trinajstić information content (AvgIpc) is 2.68. The molecule has 2 heteroatoms. The SMILES string of the molecule is C[Si](/C=C/C(=O)c1ccccc1)(c1ccccc1)c1ccccc1. The van der Waals surface area contributed by atoms with E-state index in [-0.39, 0.29) is 5.78 Å². The zero-order valence-electron chi connectivity index (χ0n) is 13.7. The summed E-state index contributed by atoms with van der Waals surface area (Å²) in [5.41, 5.74) is 2.87. The molecule has 0 bridgehead atoms. The Morgan fingerprint density at radius 1 is 0.708 bits per heavy atom. The number of carbonyl (C=O) groups is 1. The van der Waals surface area contributed by atoms with Crippen molar-refractivity contribution in [2.75, 3.05) is 0 Å². The molecule has 0 heterocycles. The molecule has 0 radical (unpaired) electrons. The minimum atomic E-state index is -2.10. The predicted octanol–water partition coefficient (Wildman–Crippen LogP) is 3.86. The third-order valence-electron chi connectivity index (χ3n) is 4.37. The van der Waals surface area contributed by atoms with Gasteiger partial charge in [-0.1, -0.05) is 114 Å². The smallest absolute Gasteiger partial charge is 0.185 e. The molecule has 0 unspecified atom stereocenters. The maximum Gasteiger partial charge on any atom is 0.185 e. The number of allylic oxidation sites excluding steroid dienone is 1. The predicted molar refractivity (Wildman–Crippen MR) is 104 cm³/mol. The fourth-order valence-electron chi connectivity index (χ4n) is 2.87. The van der Waals surface area contributed by atoms with E-state index in [4.69, 9.17) is 0 Å². The van der Waals surface area contributed by atoms with Gasteiger partial charge in [-0.3, -0.25) is 4.79 Å². The molecular formula is C22H20OSi. The summed E-state index contributed by atoms with van der Waals surface area (Å²) in [6.07, 6.45) is 1.75. The zero-order valence-corrected chi connectivity index (χ0v) is 14.7. The Morgan fingerprint density at radius 2 is 1.12 bits per heavy atom. The van der Waals surface area contributed by atoms with Crippen LogP contribution in [0.25, 0.3) is 0 Å². The van der Waals surface area contributed by atoms with Crippen LogP contribution < -0.4 is 10.4 Å². The van der Waals surface area contributed by atoms with Crippen LogP contribution in [0, 0.1) is 0 Å². The molecule has 0 aromatic heterocycles. The van der Waals surface area contributed by atoms with Crippen LogP contribution in [0.15, 0.2) is 103 Å². The Labute approximate surface area is 144 Å². The van der Waals surface area contributed by atoms with Gasteiger partial charge >= 0.3 is 0 Å². The lowest BCUT2D eigenvalue weighted by atomic mass is 10.1. The van der Waals surface area contributed by atoms with Gasteiger partial charge in [-0.25, -0.2) is 0 Å². The van der Waals surface area contributed by atoms with Crippen molar-refractivity contribution in [3.63, 3.8) is 0 Å². The summed E-state index contributed by atoms with van der Waals surface area (Å²) >= 11 is 0. The molecule has 24 heavy (non-hydrogen) atoms. The molecule has 3 aromatic rings. The van der Waals surface area contributed by atoms with Crippen LogP contribution in [0.4, 0.5) is 0 Å². The number of rotatable bonds is 5. The number of ketones is 1. The van der Waals surface area contributed by atoms with E-state index in [0.717, 1.165) is 5.56 Å². The topological polar surface area (TPSA) is 17.1 Å². The van der Waals surface area contributed by atoms with Crippen LogP contribution in [0.3, 0.4) is 0 Å². The molecule has 3 rings (SSSR count). The molecule has 0 N–H and O–H groups in total. The van der Waals surface area contributed by atoms with E-state index in [0.29, 0.717) is 0 Å². The van der Waals surface area contributed by atoms with Gasteiger partial charge in [0.1, 0.15) is 8.07 Å². The van der Waals surface area contributed by atoms with Crippen LogP contribution in [0.1, 0.15) is 10.4 Å². The first-order chi connectivity index (χ1) is 11.7. The third-order valence-corrected chi connectivity index (χ3v) is 8.27. The molecule has 0 spiro atoms. The Kier molecular flexibility index (Phi) is 4.87. The monoisotopic (exact) mass is 328 g/mol. The number of benzene rings is 3. The van der Waals surface area contributed by atoms with Gasteiger partial charge in [-0.2, -0.15) is 0 Å². The number of hydrogen-bond donors (Lipinski definition) is 0. The van der Waals surface area contributed by atoms with E-state index in [1.54, 1.807) is 6.08 Å². The van der Waals surface area contributed by atoms with E-state index in [1.807, 2.05) is 42.5 Å². The van der Waals surface area contributed by atoms with Gasteiger partial charge in [0, 0.05) is 5.56 Å². The second-order valence-electron chi connectivity index (χ2n) is 6.00. The van der Waals surface area contributed by atoms with Gasteiger partial charge in [0.25, 0.3) is 0 Å². The average molecular weight is 328 g/mol. The summed E-state index contributed by atoms with van der Waals surface area (Å²) in [7, 11) is -2.10. The van der Waals surface area contributed by atoms with Gasteiger partial charge in [-0.05, 0) is 6.08 Å². The lowest BCUT2D eigenvalue weighted by molar-refractivity contribution is 0.104. The van der Waals surface area contributed by atoms with Crippen molar-refractivity contribution < 1.29 is 4.79 Å². The summed E-state index contributed by atoms with van der Waals surface area (Å²) < 4.78 is 0. The summed E-state index contributed by atoms with van der Waals surface area (Å²) in [4.78, 5) is 12.5. The highest BCUT2D eigenvalue weighted by molar-refractivity contribution is 7.05. The van der Waals surface area contributed by atoms with E-state index < -0.39 is 8.07 Å². The van der Waals surface area contributed by atoms with Gasteiger partial charge < -0.3 is 0 Å². The van der Waals surface area contributed by atoms with Crippen molar-refractivity contribution in [2.24, 2.45) is 0 Å². The highest BCUT2D eigenvalue weighted by Crippen LogP contribution is 2.09. The Bertz CT molecular complexity index is 784. The normalized spacial score (nSPS) is 11.5. The van der Waals surface area contributed by atoms with Gasteiger partial charge in [0.15, 0.2) is 5.78 Å². The molecule has 118 valence electrons. The molecule has 3 aromatic carbocycles. The zero-order chi connectivity index (χ0) is 16.8. The van der Waals surface area contributed by atoms with Crippen LogP contribution in [0.2, 0.25) is 6.55 Å². The Morgan fingerprint density at radius 3 is 1.58 bits per heavy atom. The lowest BCUT2D eigenvalue weighted by Gasteiger charge is -2.25. The minimum absolute atomic E-state index is 0.0567. The van der Waals surface area contributed by atoms with E-state index >= 15 is 0 Å². The Hall–Kier alpha value is -2.71. The molecule has 0 aliphatic carbocycles. The van der Waals surface area contributed by atoms with Crippen LogP contribution in [-0.2, 0) is 0 Å². The standard InChI is InChI=1S/C22H20OSi/c1-24(20-13-7-3-8-14-20,21-15-9-4-10-16-21)18-17-22(23)19-11-5-2-6-12-19/h2-18H,1H3/b18-17+. The maximum absolute atomic E-state index is 12.5. The third kappa shape index (κ3) is 3.44. The van der Waals surface area contributed by atoms with Crippen molar-refractivity contribution >= 4 is 24.2 Å². The quantitative estimate of drug-likeness (QED) is 0.395. The molecule has 0 saturated carbocycles. The number of hydrogen-bond acceptors (Lipinski definition) is 1. The van der Waals surface area contributed by atoms with E-state index in [9.17, 15) is 4.79 Å². The van der Waals surface area contributed by atoms with Crippen molar-refractivity contribution in [3.05, 3.63) is 108 Å². The van der Waals surface area contributed by atoms with Crippen molar-refractivity contribution in [1.29, 1.82) is 0 Å². The Balaban J connectivity index is 2.00. The fourth-order valence-corrected chi connectivity index (χ4v) is 5.84. The molecule has 0 aliphatic heterocycles. The number of carbonyl (C=O) groups excluding carboxylic acids is 1. The molecular weight excluding hydrogens is 308 g/mol. The summed E-state index contributed by atoms with van der Waals surface area (Å²) in [5, 5.41) is 2.60. The molecule has 1 nitrogen and oxygen atoms in total. The van der Waals surface area contributed by atoms with Gasteiger partial charge in [0.2, 0.25) is 0 Å². The first-order valence-electron chi connectivity index (χ1n) is 8.10. The van der Waals surface area contributed by atoms with Crippen LogP contribution >= 0.6 is 0 Å². The van der Waals surface area contributed by atoms with Crippen molar-refractivity contribution in [3.8, 4) is 0 Å². The first-order valence-corrected chi connectivity index (χ1v) is 10.7. The van der Waals surface area contributed by atoms with Crippen LogP contribution in [0.5, 0.6) is 0 Å². The molecule has 0 fully saturated rings. The van der Waals surface area contributed by atoms with Crippen molar-refractivity contribution in [1.82, 2.24) is 0 Å². The summed E-state index contributed by atoms with van der Waals surface area (Å²) in [5.74, 6) is 0.0567. The second-order valence-corrected chi connectivity index (χ2v) is 9.89. The maximum atomic E-state index is 12.5. The molecule has 0 saturated heterocycles. The van der Waals surface area contributed by atoms with E-state index in [1.165, 1.54) is 10.4 Å². The lowest BCUT2D eigenvalue weighted by Crippen LogP contribution is -2.54. The van der Waals surface area contributed by atoms with Crippen molar-refractivity contribution in [2.45, 2.75) is 6.55 Å². The minimum Gasteiger partial charge on any atom is -0.289 e. The summed E-state index contributed by atoms with van der Waals surface area (Å²) in [6, 6.07) is 30.4. The highest BCUT2D eigenvalue weighted by atomic mass is 28.3. The first kappa shape index (κ1) is 16.2. The molecule has 0 amide bonds. The van der Waals surface area contributed by atoms with E-state index in [2.05, 4.69) is 60.8 Å². The second kappa shape index (κ2) is 7.24. The fraction of sp³-hybridized carbons (Fsp3) is 0.0455. The largest absolute Gasteiger partial charge is 0.289 e. The van der Waals surface area contributed by atoms with Gasteiger partial charge in [-0.15, -0.1) is 0 Å². The molecule has 0 aliphatic rings. The molecule has 0 atom stereocenters. The van der Waals surface area contributed by atoms with Crippen LogP contribution in [-0.4, -0.2) is 13.9 Å². The highest BCUT2D eigenvalue weighted by Gasteiger charge is 2.28.